The largest absolute Gasteiger partial charge is 0.494 e. The van der Waals surface area contributed by atoms with Crippen LogP contribution in [0.1, 0.15) is 60.6 Å². The average molecular weight is 400 g/mol. The molecule has 2 aliphatic rings. The predicted octanol–water partition coefficient (Wildman–Crippen LogP) is 6.05. The third-order valence-corrected chi connectivity index (χ3v) is 6.57. The fourth-order valence-corrected chi connectivity index (χ4v) is 5.31. The van der Waals surface area contributed by atoms with E-state index in [-0.39, 0.29) is 12.4 Å². The molecule has 0 unspecified atom stereocenters. The molecule has 0 heterocycles. The molecule has 0 amide bonds. The number of benzene rings is 2. The fourth-order valence-electron chi connectivity index (χ4n) is 5.31. The van der Waals surface area contributed by atoms with Crippen LogP contribution in [0.25, 0.3) is 0 Å². The fraction of sp³-hybridized carbons (Fsp3) is 0.520. The first-order valence-electron chi connectivity index (χ1n) is 10.7. The Kier molecular flexibility index (Phi) is 7.42. The van der Waals surface area contributed by atoms with Gasteiger partial charge in [-0.05, 0) is 92.8 Å². The summed E-state index contributed by atoms with van der Waals surface area (Å²) in [5.41, 5.74) is 4.69. The highest BCUT2D eigenvalue weighted by Gasteiger charge is 2.38. The van der Waals surface area contributed by atoms with Gasteiger partial charge in [0.1, 0.15) is 5.75 Å². The second-order valence-corrected chi connectivity index (χ2v) is 8.62. The number of hydrogen-bond donors (Lipinski definition) is 0. The summed E-state index contributed by atoms with van der Waals surface area (Å²) in [7, 11) is 4.23. The summed E-state index contributed by atoms with van der Waals surface area (Å²) in [5, 5.41) is 0. The molecule has 0 saturated heterocycles. The number of rotatable bonds is 6. The molecule has 3 atom stereocenters. The lowest BCUT2D eigenvalue weighted by molar-refractivity contribution is 0.235. The first-order chi connectivity index (χ1) is 13.2. The van der Waals surface area contributed by atoms with Gasteiger partial charge in [0.15, 0.2) is 0 Å². The Balaban J connectivity index is 0.00000225. The molecule has 2 aromatic rings. The van der Waals surface area contributed by atoms with E-state index in [0.717, 1.165) is 43.1 Å². The zero-order chi connectivity index (χ0) is 18.6. The van der Waals surface area contributed by atoms with Gasteiger partial charge in [-0.15, -0.1) is 12.4 Å². The summed E-state index contributed by atoms with van der Waals surface area (Å²) >= 11 is 0. The van der Waals surface area contributed by atoms with Crippen molar-refractivity contribution < 1.29 is 4.74 Å². The van der Waals surface area contributed by atoms with Crippen molar-refractivity contribution in [3.8, 4) is 5.75 Å². The normalized spacial score (nSPS) is 23.5. The summed E-state index contributed by atoms with van der Waals surface area (Å²) in [6, 6.07) is 18.1. The third kappa shape index (κ3) is 4.72. The molecule has 2 aliphatic carbocycles. The highest BCUT2D eigenvalue weighted by atomic mass is 35.5. The molecule has 152 valence electrons. The standard InChI is InChI=1S/C25H33NO.ClH/c1-26(2)16-7-17-27-21-13-15-23-20(18-21)12-14-25-22(10-6-11-24(23)25)19-8-4-3-5-9-19;/h3-5,8-9,13,15,18,22,24-25H,6-7,10-12,14,16-17H2,1-2H3;1H/t22-,24+,25-;/m0./s1. The van der Waals surface area contributed by atoms with Crippen LogP contribution in [0.3, 0.4) is 0 Å². The minimum absolute atomic E-state index is 0. The zero-order valence-corrected chi connectivity index (χ0v) is 18.1. The monoisotopic (exact) mass is 399 g/mol. The molecule has 2 aromatic carbocycles. The van der Waals surface area contributed by atoms with Crippen molar-refractivity contribution in [1.82, 2.24) is 4.90 Å². The Labute approximate surface area is 176 Å². The van der Waals surface area contributed by atoms with Crippen LogP contribution in [0.15, 0.2) is 48.5 Å². The summed E-state index contributed by atoms with van der Waals surface area (Å²) < 4.78 is 6.02. The van der Waals surface area contributed by atoms with Crippen LogP contribution in [0, 0.1) is 5.92 Å². The molecule has 0 radical (unpaired) electrons. The van der Waals surface area contributed by atoms with E-state index in [1.165, 1.54) is 37.7 Å². The van der Waals surface area contributed by atoms with E-state index < -0.39 is 0 Å². The summed E-state index contributed by atoms with van der Waals surface area (Å²) in [6.07, 6.45) is 7.66. The molecule has 0 bridgehead atoms. The number of aryl methyl sites for hydroxylation is 1. The Morgan fingerprint density at radius 3 is 2.54 bits per heavy atom. The van der Waals surface area contributed by atoms with Crippen molar-refractivity contribution in [2.24, 2.45) is 5.92 Å². The quantitative estimate of drug-likeness (QED) is 0.548. The molecule has 28 heavy (non-hydrogen) atoms. The van der Waals surface area contributed by atoms with Gasteiger partial charge in [-0.2, -0.15) is 0 Å². The molecule has 2 nitrogen and oxygen atoms in total. The summed E-state index contributed by atoms with van der Waals surface area (Å²) in [5.74, 6) is 3.33. The van der Waals surface area contributed by atoms with E-state index in [2.05, 4.69) is 67.5 Å². The number of ether oxygens (including phenoxy) is 1. The average Bonchev–Trinajstić information content (AvgIpc) is 2.71. The molecule has 3 heteroatoms. The van der Waals surface area contributed by atoms with Crippen LogP contribution >= 0.6 is 12.4 Å². The molecule has 0 aliphatic heterocycles. The maximum absolute atomic E-state index is 6.02. The molecule has 0 aromatic heterocycles. The van der Waals surface area contributed by atoms with Gasteiger partial charge in [0, 0.05) is 6.54 Å². The second-order valence-electron chi connectivity index (χ2n) is 8.62. The van der Waals surface area contributed by atoms with E-state index in [9.17, 15) is 0 Å². The van der Waals surface area contributed by atoms with Crippen LogP contribution in [0.2, 0.25) is 0 Å². The molecular formula is C25H34ClNO. The van der Waals surface area contributed by atoms with Gasteiger partial charge in [0.25, 0.3) is 0 Å². The van der Waals surface area contributed by atoms with Crippen LogP contribution in [-0.4, -0.2) is 32.1 Å². The topological polar surface area (TPSA) is 12.5 Å². The van der Waals surface area contributed by atoms with Gasteiger partial charge >= 0.3 is 0 Å². The van der Waals surface area contributed by atoms with Crippen LogP contribution in [-0.2, 0) is 6.42 Å². The van der Waals surface area contributed by atoms with E-state index in [1.54, 1.807) is 11.1 Å². The summed E-state index contributed by atoms with van der Waals surface area (Å²) in [4.78, 5) is 2.21. The van der Waals surface area contributed by atoms with Gasteiger partial charge in [0.05, 0.1) is 6.61 Å². The first-order valence-corrected chi connectivity index (χ1v) is 10.7. The van der Waals surface area contributed by atoms with Crippen molar-refractivity contribution in [3.63, 3.8) is 0 Å². The second kappa shape index (κ2) is 9.80. The van der Waals surface area contributed by atoms with Gasteiger partial charge in [-0.3, -0.25) is 0 Å². The molecule has 0 spiro atoms. The Morgan fingerprint density at radius 2 is 1.75 bits per heavy atom. The maximum Gasteiger partial charge on any atom is 0.119 e. The molecular weight excluding hydrogens is 366 g/mol. The highest BCUT2D eigenvalue weighted by molar-refractivity contribution is 5.85. The smallest absolute Gasteiger partial charge is 0.119 e. The van der Waals surface area contributed by atoms with Crippen molar-refractivity contribution in [1.29, 1.82) is 0 Å². The van der Waals surface area contributed by atoms with Gasteiger partial charge in [0.2, 0.25) is 0 Å². The van der Waals surface area contributed by atoms with E-state index in [1.807, 2.05) is 0 Å². The Hall–Kier alpha value is -1.51. The molecule has 4 rings (SSSR count). The van der Waals surface area contributed by atoms with E-state index in [0.29, 0.717) is 0 Å². The molecule has 1 fully saturated rings. The zero-order valence-electron chi connectivity index (χ0n) is 17.3. The van der Waals surface area contributed by atoms with Gasteiger partial charge in [-0.1, -0.05) is 42.8 Å². The minimum atomic E-state index is 0. The number of nitrogens with zero attached hydrogens (tertiary/aromatic N) is 1. The van der Waals surface area contributed by atoms with E-state index in [4.69, 9.17) is 4.74 Å². The lowest BCUT2D eigenvalue weighted by Crippen LogP contribution is -2.30. The van der Waals surface area contributed by atoms with Crippen molar-refractivity contribution in [3.05, 3.63) is 65.2 Å². The number of hydrogen-bond acceptors (Lipinski definition) is 2. The number of halogens is 1. The van der Waals surface area contributed by atoms with Crippen molar-refractivity contribution >= 4 is 12.4 Å². The maximum atomic E-state index is 6.02. The van der Waals surface area contributed by atoms with E-state index >= 15 is 0 Å². The lowest BCUT2D eigenvalue weighted by atomic mass is 9.62. The SMILES string of the molecule is CN(C)CCCOc1ccc2c(c1)CC[C@@H]1[C@@H]2CCC[C@H]1c1ccccc1.Cl. The van der Waals surface area contributed by atoms with Crippen LogP contribution < -0.4 is 4.74 Å². The van der Waals surface area contributed by atoms with Gasteiger partial charge in [-0.25, -0.2) is 0 Å². The Bertz CT molecular complexity index is 745. The molecule has 1 saturated carbocycles. The summed E-state index contributed by atoms with van der Waals surface area (Å²) in [6.45, 7) is 1.88. The van der Waals surface area contributed by atoms with Crippen LogP contribution in [0.4, 0.5) is 0 Å². The lowest BCUT2D eigenvalue weighted by Gasteiger charge is -2.43. The minimum Gasteiger partial charge on any atom is -0.494 e. The highest BCUT2D eigenvalue weighted by Crippen LogP contribution is 2.51. The van der Waals surface area contributed by atoms with Gasteiger partial charge < -0.3 is 9.64 Å². The van der Waals surface area contributed by atoms with Crippen molar-refractivity contribution in [2.45, 2.75) is 50.4 Å². The number of fused-ring (bicyclic) bond motifs is 3. The first kappa shape index (κ1) is 21.2. The predicted molar refractivity (Wildman–Crippen MR) is 120 cm³/mol. The molecule has 0 N–H and O–H groups in total. The Morgan fingerprint density at radius 1 is 0.964 bits per heavy atom. The van der Waals surface area contributed by atoms with Crippen LogP contribution in [0.5, 0.6) is 5.75 Å². The van der Waals surface area contributed by atoms with Crippen molar-refractivity contribution in [2.75, 3.05) is 27.2 Å². The third-order valence-electron chi connectivity index (χ3n) is 6.57.